The van der Waals surface area contributed by atoms with Crippen LogP contribution in [0.25, 0.3) is 0 Å². The molecule has 18 heavy (non-hydrogen) atoms. The van der Waals surface area contributed by atoms with E-state index in [2.05, 4.69) is 5.92 Å². The molecule has 0 atom stereocenters. The van der Waals surface area contributed by atoms with Gasteiger partial charge in [0, 0.05) is 21.2 Å². The zero-order valence-electron chi connectivity index (χ0n) is 9.40. The molecule has 2 aromatic rings. The number of aliphatic hydroxyl groups is 1. The molecule has 0 amide bonds. The topological polar surface area (TPSA) is 20.2 Å². The van der Waals surface area contributed by atoms with E-state index in [9.17, 15) is 5.11 Å². The summed E-state index contributed by atoms with van der Waals surface area (Å²) in [4.78, 5) is 0. The number of benzene rings is 2. The fraction of sp³-hybridized carbons (Fsp3) is 0.0667. The van der Waals surface area contributed by atoms with Gasteiger partial charge in [-0.25, -0.2) is 0 Å². The maximum atomic E-state index is 10.6. The van der Waals surface area contributed by atoms with E-state index in [1.165, 1.54) is 0 Å². The number of hydrogen-bond donors (Lipinski definition) is 1. The molecule has 0 unspecified atom stereocenters. The van der Waals surface area contributed by atoms with Crippen molar-refractivity contribution in [3.63, 3.8) is 0 Å². The third-order valence-electron chi connectivity index (χ3n) is 2.73. The van der Waals surface area contributed by atoms with E-state index in [4.69, 9.17) is 29.6 Å². The Balaban J connectivity index is 2.52. The van der Waals surface area contributed by atoms with Crippen LogP contribution in [0.5, 0.6) is 0 Å². The molecule has 0 aromatic heterocycles. The van der Waals surface area contributed by atoms with E-state index in [-0.39, 0.29) is 0 Å². The molecule has 0 heterocycles. The molecule has 2 rings (SSSR count). The number of hydrogen-bond acceptors (Lipinski definition) is 1. The molecular weight excluding hydrogens is 267 g/mol. The quantitative estimate of drug-likeness (QED) is 0.826. The number of rotatable bonds is 2. The fourth-order valence-electron chi connectivity index (χ4n) is 1.72. The molecule has 0 spiro atoms. The van der Waals surface area contributed by atoms with Crippen LogP contribution in [-0.4, -0.2) is 5.11 Å². The van der Waals surface area contributed by atoms with Gasteiger partial charge >= 0.3 is 0 Å². The first-order valence-corrected chi connectivity index (χ1v) is 6.04. The zero-order chi connectivity index (χ0) is 13.2. The average Bonchev–Trinajstić information content (AvgIpc) is 2.39. The molecule has 0 bridgehead atoms. The predicted molar refractivity (Wildman–Crippen MR) is 74.7 cm³/mol. The molecule has 1 N–H and O–H groups in total. The first-order valence-electron chi connectivity index (χ1n) is 5.28. The number of terminal acetylenes is 1. The second-order valence-corrected chi connectivity index (χ2v) is 4.74. The lowest BCUT2D eigenvalue weighted by Gasteiger charge is -2.23. The van der Waals surface area contributed by atoms with Gasteiger partial charge in [0.2, 0.25) is 0 Å². The van der Waals surface area contributed by atoms with Crippen LogP contribution in [0, 0.1) is 12.3 Å². The predicted octanol–water partition coefficient (Wildman–Crippen LogP) is 3.86. The van der Waals surface area contributed by atoms with E-state index >= 15 is 0 Å². The number of halogens is 2. The minimum atomic E-state index is -1.48. The van der Waals surface area contributed by atoms with Crippen LogP contribution < -0.4 is 0 Å². The van der Waals surface area contributed by atoms with Crippen molar-refractivity contribution in [2.45, 2.75) is 5.60 Å². The third kappa shape index (κ3) is 2.37. The third-order valence-corrected chi connectivity index (χ3v) is 3.24. The van der Waals surface area contributed by atoms with E-state index in [0.29, 0.717) is 21.2 Å². The van der Waals surface area contributed by atoms with Crippen molar-refractivity contribution in [2.75, 3.05) is 0 Å². The Morgan fingerprint density at radius 2 is 1.17 bits per heavy atom. The smallest absolute Gasteiger partial charge is 0.176 e. The lowest BCUT2D eigenvalue weighted by molar-refractivity contribution is 0.145. The largest absolute Gasteiger partial charge is 0.369 e. The Morgan fingerprint density at radius 3 is 1.44 bits per heavy atom. The van der Waals surface area contributed by atoms with Crippen molar-refractivity contribution in [3.05, 3.63) is 69.7 Å². The molecule has 0 fully saturated rings. The van der Waals surface area contributed by atoms with Crippen LogP contribution in [0.15, 0.2) is 48.5 Å². The second kappa shape index (κ2) is 5.04. The van der Waals surface area contributed by atoms with Crippen molar-refractivity contribution in [2.24, 2.45) is 0 Å². The Morgan fingerprint density at radius 1 is 0.833 bits per heavy atom. The molecule has 0 saturated carbocycles. The van der Waals surface area contributed by atoms with Gasteiger partial charge in [0.15, 0.2) is 5.60 Å². The highest BCUT2D eigenvalue weighted by molar-refractivity contribution is 6.30. The van der Waals surface area contributed by atoms with Gasteiger partial charge in [-0.2, -0.15) is 0 Å². The molecule has 0 aliphatic rings. The molecule has 0 radical (unpaired) electrons. The van der Waals surface area contributed by atoms with Crippen LogP contribution in [0.4, 0.5) is 0 Å². The summed E-state index contributed by atoms with van der Waals surface area (Å²) in [5, 5.41) is 11.8. The van der Waals surface area contributed by atoms with Crippen molar-refractivity contribution in [1.82, 2.24) is 0 Å². The summed E-state index contributed by atoms with van der Waals surface area (Å²) in [6.07, 6.45) is 5.48. The first kappa shape index (κ1) is 13.0. The van der Waals surface area contributed by atoms with Crippen LogP contribution in [0.1, 0.15) is 11.1 Å². The molecule has 0 saturated heterocycles. The lowest BCUT2D eigenvalue weighted by Crippen LogP contribution is -2.24. The Labute approximate surface area is 116 Å². The van der Waals surface area contributed by atoms with Gasteiger partial charge in [-0.3, -0.25) is 0 Å². The lowest BCUT2D eigenvalue weighted by atomic mass is 9.87. The van der Waals surface area contributed by atoms with Gasteiger partial charge in [0.05, 0.1) is 0 Å². The molecule has 3 heteroatoms. The summed E-state index contributed by atoms with van der Waals surface area (Å²) < 4.78 is 0. The molecule has 0 aliphatic heterocycles. The van der Waals surface area contributed by atoms with Crippen molar-refractivity contribution in [1.29, 1.82) is 0 Å². The van der Waals surface area contributed by atoms with Gasteiger partial charge in [0.25, 0.3) is 0 Å². The highest BCUT2D eigenvalue weighted by Gasteiger charge is 2.28. The maximum Gasteiger partial charge on any atom is 0.176 e. The second-order valence-electron chi connectivity index (χ2n) is 3.87. The zero-order valence-corrected chi connectivity index (χ0v) is 10.9. The minimum absolute atomic E-state index is 0.592. The normalized spacial score (nSPS) is 11.0. The Bertz CT molecular complexity index is 534. The summed E-state index contributed by atoms with van der Waals surface area (Å²) in [5.41, 5.74) is -0.289. The monoisotopic (exact) mass is 276 g/mol. The van der Waals surface area contributed by atoms with Crippen LogP contribution in [0.2, 0.25) is 10.0 Å². The van der Waals surface area contributed by atoms with E-state index in [1.54, 1.807) is 48.5 Å². The van der Waals surface area contributed by atoms with E-state index in [1.807, 2.05) is 0 Å². The summed E-state index contributed by atoms with van der Waals surface area (Å²) >= 11 is 11.6. The van der Waals surface area contributed by atoms with Gasteiger partial charge < -0.3 is 5.11 Å². The molecule has 90 valence electrons. The molecule has 2 aromatic carbocycles. The minimum Gasteiger partial charge on any atom is -0.369 e. The van der Waals surface area contributed by atoms with E-state index in [0.717, 1.165) is 0 Å². The summed E-state index contributed by atoms with van der Waals surface area (Å²) in [7, 11) is 0. The first-order chi connectivity index (χ1) is 8.56. The average molecular weight is 277 g/mol. The highest BCUT2D eigenvalue weighted by Crippen LogP contribution is 2.30. The van der Waals surface area contributed by atoms with Crippen molar-refractivity contribution >= 4 is 23.2 Å². The van der Waals surface area contributed by atoms with Crippen LogP contribution in [-0.2, 0) is 5.60 Å². The van der Waals surface area contributed by atoms with Crippen molar-refractivity contribution < 1.29 is 5.11 Å². The van der Waals surface area contributed by atoms with Crippen LogP contribution >= 0.6 is 23.2 Å². The van der Waals surface area contributed by atoms with E-state index < -0.39 is 5.60 Å². The van der Waals surface area contributed by atoms with Gasteiger partial charge in [-0.15, -0.1) is 6.42 Å². The molecule has 1 nitrogen and oxygen atoms in total. The Hall–Kier alpha value is -1.46. The fourth-order valence-corrected chi connectivity index (χ4v) is 1.97. The van der Waals surface area contributed by atoms with Crippen molar-refractivity contribution in [3.8, 4) is 12.3 Å². The van der Waals surface area contributed by atoms with Gasteiger partial charge in [-0.1, -0.05) is 53.4 Å². The highest BCUT2D eigenvalue weighted by atomic mass is 35.5. The van der Waals surface area contributed by atoms with Crippen LogP contribution in [0.3, 0.4) is 0 Å². The Kier molecular flexibility index (Phi) is 3.63. The summed E-state index contributed by atoms with van der Waals surface area (Å²) in [6.45, 7) is 0. The SMILES string of the molecule is C#CC(O)(c1ccc(Cl)cc1)c1ccc(Cl)cc1. The van der Waals surface area contributed by atoms with Gasteiger partial charge in [0.1, 0.15) is 0 Å². The van der Waals surface area contributed by atoms with Gasteiger partial charge in [-0.05, 0) is 24.3 Å². The molecular formula is C15H10Cl2O. The standard InChI is InChI=1S/C15H10Cl2O/c1-2-15(18,11-3-7-13(16)8-4-11)12-5-9-14(17)10-6-12/h1,3-10,18H. The summed E-state index contributed by atoms with van der Waals surface area (Å²) in [5.74, 6) is 2.42. The molecule has 0 aliphatic carbocycles. The maximum absolute atomic E-state index is 10.6. The summed E-state index contributed by atoms with van der Waals surface area (Å²) in [6, 6.07) is 13.6.